The maximum atomic E-state index is 13.2. The van der Waals surface area contributed by atoms with Crippen LogP contribution in [0.2, 0.25) is 0 Å². The summed E-state index contributed by atoms with van der Waals surface area (Å²) in [5.41, 5.74) is 1.50. The highest BCUT2D eigenvalue weighted by Gasteiger charge is 2.45. The van der Waals surface area contributed by atoms with Gasteiger partial charge in [-0.05, 0) is 24.1 Å². The van der Waals surface area contributed by atoms with Crippen molar-refractivity contribution in [3.8, 4) is 0 Å². The lowest BCUT2D eigenvalue weighted by Gasteiger charge is -2.26. The molecule has 2 aromatic carbocycles. The number of aromatic nitrogens is 2. The average molecular weight is 348 g/mol. The maximum Gasteiger partial charge on any atom is 0.305 e. The van der Waals surface area contributed by atoms with E-state index < -0.39 is 17.9 Å². The van der Waals surface area contributed by atoms with Crippen LogP contribution in [0.1, 0.15) is 39.4 Å². The number of aromatic amines is 1. The number of carbonyl (C=O) groups is 3. The van der Waals surface area contributed by atoms with Crippen molar-refractivity contribution in [1.29, 1.82) is 0 Å². The van der Waals surface area contributed by atoms with Crippen molar-refractivity contribution in [1.82, 2.24) is 9.58 Å². The number of amides is 2. The summed E-state index contributed by atoms with van der Waals surface area (Å²) >= 11 is 0. The third-order valence-corrected chi connectivity index (χ3v) is 4.70. The fraction of sp³-hybridized carbons (Fsp3) is 0.200. The summed E-state index contributed by atoms with van der Waals surface area (Å²) in [5.74, 6) is -1.42. The van der Waals surface area contributed by atoms with Gasteiger partial charge in [-0.2, -0.15) is 0 Å². The van der Waals surface area contributed by atoms with Gasteiger partial charge in [-0.15, -0.1) is 5.10 Å². The monoisotopic (exact) mass is 348 g/mol. The van der Waals surface area contributed by atoms with Gasteiger partial charge in [-0.25, -0.2) is 0 Å². The standard InChI is InChI=1S/C20H17N3O3/c1-12(2)17(20(26)22-11-13-7-3-6-10-16(13)21-22)23-18(24)14-8-4-5-9-15(14)19(23)25/h3-12,17H,1-2H3/p+1. The van der Waals surface area contributed by atoms with Crippen molar-refractivity contribution in [2.45, 2.75) is 19.9 Å². The van der Waals surface area contributed by atoms with E-state index in [0.717, 1.165) is 15.8 Å². The van der Waals surface area contributed by atoms with E-state index in [1.807, 2.05) is 38.1 Å². The number of imide groups is 1. The molecule has 0 saturated heterocycles. The van der Waals surface area contributed by atoms with Gasteiger partial charge in [0.2, 0.25) is 5.52 Å². The smallest absolute Gasteiger partial charge is 0.269 e. The number of benzene rings is 2. The first kappa shape index (κ1) is 16.2. The molecule has 3 aromatic rings. The van der Waals surface area contributed by atoms with Crippen molar-refractivity contribution in [3.05, 3.63) is 65.9 Å². The van der Waals surface area contributed by atoms with Crippen LogP contribution < -0.4 is 5.10 Å². The molecular formula is C20H18N3O3+. The number of H-pyrrole nitrogens is 1. The van der Waals surface area contributed by atoms with Crippen molar-refractivity contribution in [2.24, 2.45) is 5.92 Å². The highest BCUT2D eigenvalue weighted by atomic mass is 16.2. The molecule has 1 N–H and O–H groups in total. The van der Waals surface area contributed by atoms with Gasteiger partial charge in [0.25, 0.3) is 11.8 Å². The number of rotatable bonds is 3. The molecule has 6 heteroatoms. The van der Waals surface area contributed by atoms with Gasteiger partial charge in [0.15, 0.2) is 0 Å². The molecule has 6 nitrogen and oxygen atoms in total. The van der Waals surface area contributed by atoms with Crippen LogP contribution in [0.5, 0.6) is 0 Å². The first-order chi connectivity index (χ1) is 12.5. The molecule has 1 unspecified atom stereocenters. The van der Waals surface area contributed by atoms with E-state index in [2.05, 4.69) is 5.10 Å². The Labute approximate surface area is 150 Å². The second kappa shape index (κ2) is 5.91. The fourth-order valence-corrected chi connectivity index (χ4v) is 3.43. The Balaban J connectivity index is 1.76. The number of hydrogen-bond donors (Lipinski definition) is 0. The summed E-state index contributed by atoms with van der Waals surface area (Å²) in [6.45, 7) is 3.66. The fourth-order valence-electron chi connectivity index (χ4n) is 3.43. The molecule has 130 valence electrons. The van der Waals surface area contributed by atoms with Gasteiger partial charge in [-0.1, -0.05) is 42.8 Å². The van der Waals surface area contributed by atoms with Crippen LogP contribution in [0.4, 0.5) is 0 Å². The van der Waals surface area contributed by atoms with Gasteiger partial charge >= 0.3 is 5.91 Å². The lowest BCUT2D eigenvalue weighted by molar-refractivity contribution is -0.444. The Hall–Kier alpha value is -3.28. The third kappa shape index (κ3) is 2.34. The number of fused-ring (bicyclic) bond motifs is 2. The zero-order valence-electron chi connectivity index (χ0n) is 14.5. The highest BCUT2D eigenvalue weighted by Crippen LogP contribution is 2.27. The molecule has 1 aromatic heterocycles. The molecule has 1 aliphatic heterocycles. The number of hydrogen-bond acceptors (Lipinski definition) is 3. The molecular weight excluding hydrogens is 330 g/mol. The summed E-state index contributed by atoms with van der Waals surface area (Å²) < 4.78 is 1.36. The minimum absolute atomic E-state index is 0.233. The summed E-state index contributed by atoms with van der Waals surface area (Å²) in [7, 11) is 0. The van der Waals surface area contributed by atoms with Crippen molar-refractivity contribution in [3.63, 3.8) is 0 Å². The average Bonchev–Trinajstić information content (AvgIpc) is 3.17. The molecule has 2 amide bonds. The predicted octanol–water partition coefficient (Wildman–Crippen LogP) is 2.42. The number of carbonyl (C=O) groups excluding carboxylic acids is 3. The van der Waals surface area contributed by atoms with Crippen LogP contribution in [0, 0.1) is 5.92 Å². The molecule has 2 heterocycles. The molecule has 0 saturated carbocycles. The Bertz CT molecular complexity index is 983. The highest BCUT2D eigenvalue weighted by molar-refractivity contribution is 6.22. The number of nitrogens with zero attached hydrogens (tertiary/aromatic N) is 2. The summed E-state index contributed by atoms with van der Waals surface area (Å²) in [4.78, 5) is 39.9. The number of para-hydroxylation sites is 1. The first-order valence-corrected chi connectivity index (χ1v) is 8.49. The van der Waals surface area contributed by atoms with Crippen LogP contribution in [-0.4, -0.2) is 33.3 Å². The Morgan fingerprint density at radius 1 is 0.923 bits per heavy atom. The van der Waals surface area contributed by atoms with E-state index in [-0.39, 0.29) is 11.8 Å². The van der Waals surface area contributed by atoms with Gasteiger partial charge in [-0.3, -0.25) is 19.3 Å². The van der Waals surface area contributed by atoms with E-state index >= 15 is 0 Å². The predicted molar refractivity (Wildman–Crippen MR) is 94.7 cm³/mol. The molecule has 1 atom stereocenters. The van der Waals surface area contributed by atoms with Gasteiger partial charge < -0.3 is 0 Å². The Kier molecular flexibility index (Phi) is 3.68. The zero-order valence-corrected chi connectivity index (χ0v) is 14.5. The molecule has 4 rings (SSSR count). The minimum Gasteiger partial charge on any atom is -0.269 e. The van der Waals surface area contributed by atoms with E-state index in [1.54, 1.807) is 30.5 Å². The lowest BCUT2D eigenvalue weighted by atomic mass is 10.0. The Morgan fingerprint density at radius 3 is 2.08 bits per heavy atom. The van der Waals surface area contributed by atoms with Gasteiger partial charge in [0.1, 0.15) is 6.04 Å². The van der Waals surface area contributed by atoms with Crippen LogP contribution in [0.3, 0.4) is 0 Å². The van der Waals surface area contributed by atoms with Gasteiger partial charge in [0, 0.05) is 6.07 Å². The molecule has 1 aliphatic rings. The number of nitrogens with one attached hydrogen (secondary N) is 1. The molecule has 26 heavy (non-hydrogen) atoms. The minimum atomic E-state index is -0.888. The van der Waals surface area contributed by atoms with Crippen LogP contribution in [0.15, 0.2) is 54.7 Å². The van der Waals surface area contributed by atoms with Gasteiger partial charge in [0.05, 0.1) is 22.7 Å². The summed E-state index contributed by atoms with van der Waals surface area (Å²) in [6.07, 6.45) is 1.69. The largest absolute Gasteiger partial charge is 0.305 e. The molecule has 0 spiro atoms. The van der Waals surface area contributed by atoms with Crippen LogP contribution in [-0.2, 0) is 0 Å². The molecule has 0 fully saturated rings. The molecule has 0 aliphatic carbocycles. The lowest BCUT2D eigenvalue weighted by Crippen LogP contribution is -2.51. The summed E-state index contributed by atoms with van der Waals surface area (Å²) in [6, 6.07) is 13.3. The molecule has 0 bridgehead atoms. The normalized spacial score (nSPS) is 15.0. The SMILES string of the molecule is CC(C)C(C(=O)n1cc2ccccc2[nH+]1)N1C(=O)c2ccccc2C1=O. The van der Waals surface area contributed by atoms with Crippen LogP contribution >= 0.6 is 0 Å². The van der Waals surface area contributed by atoms with Crippen molar-refractivity contribution < 1.29 is 19.5 Å². The van der Waals surface area contributed by atoms with E-state index in [4.69, 9.17) is 0 Å². The van der Waals surface area contributed by atoms with Crippen molar-refractivity contribution >= 4 is 28.6 Å². The second-order valence-electron chi connectivity index (χ2n) is 6.75. The van der Waals surface area contributed by atoms with Crippen molar-refractivity contribution in [2.75, 3.05) is 0 Å². The quantitative estimate of drug-likeness (QED) is 0.682. The third-order valence-electron chi connectivity index (χ3n) is 4.70. The van der Waals surface area contributed by atoms with Crippen LogP contribution in [0.25, 0.3) is 10.9 Å². The second-order valence-corrected chi connectivity index (χ2v) is 6.75. The zero-order chi connectivity index (χ0) is 18.4. The summed E-state index contributed by atoms with van der Waals surface area (Å²) in [5, 5.41) is 3.90. The molecule has 0 radical (unpaired) electrons. The van der Waals surface area contributed by atoms with E-state index in [9.17, 15) is 14.4 Å². The first-order valence-electron chi connectivity index (χ1n) is 8.49. The van der Waals surface area contributed by atoms with E-state index in [1.165, 1.54) is 4.68 Å². The topological polar surface area (TPSA) is 73.5 Å². The van der Waals surface area contributed by atoms with E-state index in [0.29, 0.717) is 11.1 Å². The maximum absolute atomic E-state index is 13.2. The Morgan fingerprint density at radius 2 is 1.50 bits per heavy atom.